The van der Waals surface area contributed by atoms with Crippen LogP contribution in [0.25, 0.3) is 0 Å². The molecular weight excluding hydrogens is 365 g/mol. The number of aliphatic carboxylic acids is 1. The number of β-amino-alcohol motifs (C(OH)–C–C–N with tert-alkyl or cyclic N) is 1. The van der Waals surface area contributed by atoms with Crippen molar-refractivity contribution in [2.75, 3.05) is 6.54 Å². The van der Waals surface area contributed by atoms with E-state index < -0.39 is 33.0 Å². The first-order chi connectivity index (χ1) is 9.64. The average molecular weight is 375 g/mol. The highest BCUT2D eigenvalue weighted by molar-refractivity contribution is 7.89. The van der Waals surface area contributed by atoms with Crippen LogP contribution in [0.4, 0.5) is 0 Å². The van der Waals surface area contributed by atoms with Crippen molar-refractivity contribution >= 4 is 50.8 Å². The van der Waals surface area contributed by atoms with Crippen molar-refractivity contribution in [3.05, 3.63) is 27.2 Å². The monoisotopic (exact) mass is 373 g/mol. The molecule has 1 saturated heterocycles. The highest BCUT2D eigenvalue weighted by Gasteiger charge is 2.44. The van der Waals surface area contributed by atoms with Gasteiger partial charge < -0.3 is 10.2 Å². The molecule has 21 heavy (non-hydrogen) atoms. The van der Waals surface area contributed by atoms with E-state index >= 15 is 0 Å². The second-order valence-corrected chi connectivity index (χ2v) is 7.60. The van der Waals surface area contributed by atoms with E-state index in [4.69, 9.17) is 39.9 Å². The molecule has 1 aromatic rings. The van der Waals surface area contributed by atoms with E-state index in [9.17, 15) is 18.3 Å². The Balaban J connectivity index is 2.55. The van der Waals surface area contributed by atoms with Crippen LogP contribution in [0.15, 0.2) is 17.0 Å². The van der Waals surface area contributed by atoms with Gasteiger partial charge in [0.25, 0.3) is 0 Å². The maximum atomic E-state index is 12.6. The number of carbonyl (C=O) groups is 1. The van der Waals surface area contributed by atoms with Crippen molar-refractivity contribution in [3.8, 4) is 0 Å². The van der Waals surface area contributed by atoms with Crippen LogP contribution in [0.5, 0.6) is 0 Å². The number of halogens is 3. The second kappa shape index (κ2) is 5.91. The molecule has 0 unspecified atom stereocenters. The van der Waals surface area contributed by atoms with E-state index in [2.05, 4.69) is 0 Å². The van der Waals surface area contributed by atoms with Crippen LogP contribution in [0, 0.1) is 0 Å². The fourth-order valence-corrected chi connectivity index (χ4v) is 5.29. The maximum absolute atomic E-state index is 12.6. The molecule has 0 aliphatic carbocycles. The van der Waals surface area contributed by atoms with Crippen molar-refractivity contribution in [1.29, 1.82) is 0 Å². The highest BCUT2D eigenvalue weighted by Crippen LogP contribution is 2.37. The minimum Gasteiger partial charge on any atom is -0.480 e. The number of hydrogen-bond donors (Lipinski definition) is 2. The molecule has 0 spiro atoms. The molecule has 0 amide bonds. The predicted molar refractivity (Wildman–Crippen MR) is 77.4 cm³/mol. The zero-order valence-corrected chi connectivity index (χ0v) is 13.4. The topological polar surface area (TPSA) is 94.9 Å². The number of nitrogens with zero attached hydrogens (tertiary/aromatic N) is 1. The standard InChI is InChI=1S/C11H10Cl3NO5S/c12-5-1-7(13)10(8(14)2-5)21(19,20)15-4-6(16)3-9(15)11(17)18/h1-2,6,9,16H,3-4H2,(H,17,18)/t6-,9-/m1/s1. The van der Waals surface area contributed by atoms with Crippen molar-refractivity contribution in [2.24, 2.45) is 0 Å². The first-order valence-corrected chi connectivity index (χ1v) is 8.29. The Kier molecular flexibility index (Phi) is 4.72. The first kappa shape index (κ1) is 16.8. The van der Waals surface area contributed by atoms with E-state index in [0.29, 0.717) is 4.31 Å². The molecule has 116 valence electrons. The van der Waals surface area contributed by atoms with Gasteiger partial charge in [-0.25, -0.2) is 8.42 Å². The minimum absolute atomic E-state index is 0.153. The molecule has 1 heterocycles. The number of hydrogen-bond acceptors (Lipinski definition) is 4. The van der Waals surface area contributed by atoms with Gasteiger partial charge in [0, 0.05) is 18.0 Å². The number of aliphatic hydroxyl groups excluding tert-OH is 1. The summed E-state index contributed by atoms with van der Waals surface area (Å²) < 4.78 is 25.9. The number of benzene rings is 1. The Labute approximate surface area is 135 Å². The number of sulfonamides is 1. The van der Waals surface area contributed by atoms with Gasteiger partial charge in [-0.1, -0.05) is 34.8 Å². The summed E-state index contributed by atoms with van der Waals surface area (Å²) in [7, 11) is -4.27. The Hall–Kier alpha value is -0.570. The average Bonchev–Trinajstić information content (AvgIpc) is 2.70. The molecule has 2 N–H and O–H groups in total. The molecule has 6 nitrogen and oxygen atoms in total. The van der Waals surface area contributed by atoms with Gasteiger partial charge in [-0.05, 0) is 12.1 Å². The molecule has 0 saturated carbocycles. The van der Waals surface area contributed by atoms with Gasteiger partial charge in [0.05, 0.1) is 16.1 Å². The predicted octanol–water partition coefficient (Wildman–Crippen LogP) is 1.86. The maximum Gasteiger partial charge on any atom is 0.322 e. The van der Waals surface area contributed by atoms with Crippen molar-refractivity contribution in [3.63, 3.8) is 0 Å². The van der Waals surface area contributed by atoms with E-state index in [-0.39, 0.29) is 28.0 Å². The largest absolute Gasteiger partial charge is 0.480 e. The fourth-order valence-electron chi connectivity index (χ4n) is 2.17. The summed E-state index contributed by atoms with van der Waals surface area (Å²) in [5, 5.41) is 18.4. The van der Waals surface area contributed by atoms with Crippen LogP contribution >= 0.6 is 34.8 Å². The smallest absolute Gasteiger partial charge is 0.322 e. The quantitative estimate of drug-likeness (QED) is 0.842. The van der Waals surface area contributed by atoms with Crippen LogP contribution in [-0.4, -0.2) is 47.6 Å². The van der Waals surface area contributed by atoms with Crippen LogP contribution in [0.3, 0.4) is 0 Å². The lowest BCUT2D eigenvalue weighted by molar-refractivity contribution is -0.140. The number of carboxylic acid groups (broad SMARTS) is 1. The van der Waals surface area contributed by atoms with Gasteiger partial charge in [-0.3, -0.25) is 4.79 Å². The Morgan fingerprint density at radius 2 is 1.76 bits per heavy atom. The summed E-state index contributed by atoms with van der Waals surface area (Å²) in [6, 6.07) is 1.03. The van der Waals surface area contributed by atoms with Gasteiger partial charge in [0.1, 0.15) is 10.9 Å². The molecule has 1 fully saturated rings. The highest BCUT2D eigenvalue weighted by atomic mass is 35.5. The fraction of sp³-hybridized carbons (Fsp3) is 0.364. The normalized spacial score (nSPS) is 23.4. The SMILES string of the molecule is O=C(O)[C@H]1C[C@@H](O)CN1S(=O)(=O)c1c(Cl)cc(Cl)cc1Cl. The third kappa shape index (κ3) is 3.13. The lowest BCUT2D eigenvalue weighted by atomic mass is 10.2. The molecule has 2 atom stereocenters. The lowest BCUT2D eigenvalue weighted by Gasteiger charge is -2.22. The summed E-state index contributed by atoms with van der Waals surface area (Å²) >= 11 is 17.5. The molecule has 1 aliphatic heterocycles. The van der Waals surface area contributed by atoms with Crippen LogP contribution < -0.4 is 0 Å². The summed E-state index contributed by atoms with van der Waals surface area (Å²) in [5.74, 6) is -1.35. The molecule has 0 radical (unpaired) electrons. The summed E-state index contributed by atoms with van der Waals surface area (Å²) in [6.45, 7) is -0.339. The second-order valence-electron chi connectivity index (χ2n) is 4.52. The Morgan fingerprint density at radius 1 is 1.24 bits per heavy atom. The summed E-state index contributed by atoms with van der Waals surface area (Å²) in [5.41, 5.74) is 0. The third-order valence-electron chi connectivity index (χ3n) is 3.05. The minimum atomic E-state index is -4.27. The third-order valence-corrected chi connectivity index (χ3v) is 6.06. The van der Waals surface area contributed by atoms with Crippen LogP contribution in [-0.2, 0) is 14.8 Å². The Bertz CT molecular complexity index is 670. The number of aliphatic hydroxyl groups is 1. The van der Waals surface area contributed by atoms with E-state index in [1.54, 1.807) is 0 Å². The lowest BCUT2D eigenvalue weighted by Crippen LogP contribution is -2.40. The van der Waals surface area contributed by atoms with E-state index in [0.717, 1.165) is 0 Å². The van der Waals surface area contributed by atoms with Crippen molar-refractivity contribution < 1.29 is 23.4 Å². The van der Waals surface area contributed by atoms with Gasteiger partial charge in [0.15, 0.2) is 0 Å². The molecule has 0 aromatic heterocycles. The molecule has 2 rings (SSSR count). The molecule has 1 aliphatic rings. The molecular formula is C11H10Cl3NO5S. The first-order valence-electron chi connectivity index (χ1n) is 5.72. The number of carboxylic acids is 1. The van der Waals surface area contributed by atoms with Gasteiger partial charge in [-0.2, -0.15) is 4.31 Å². The zero-order chi connectivity index (χ0) is 15.9. The van der Waals surface area contributed by atoms with Gasteiger partial charge in [0.2, 0.25) is 10.0 Å². The van der Waals surface area contributed by atoms with E-state index in [1.807, 2.05) is 0 Å². The summed E-state index contributed by atoms with van der Waals surface area (Å²) in [4.78, 5) is 10.7. The van der Waals surface area contributed by atoms with Crippen LogP contribution in [0.2, 0.25) is 15.1 Å². The molecule has 1 aromatic carbocycles. The van der Waals surface area contributed by atoms with E-state index in [1.165, 1.54) is 12.1 Å². The molecule has 0 bridgehead atoms. The number of rotatable bonds is 3. The van der Waals surface area contributed by atoms with Gasteiger partial charge >= 0.3 is 5.97 Å². The molecule has 10 heteroatoms. The summed E-state index contributed by atoms with van der Waals surface area (Å²) in [6.07, 6.45) is -1.26. The van der Waals surface area contributed by atoms with Crippen LogP contribution in [0.1, 0.15) is 6.42 Å². The van der Waals surface area contributed by atoms with Crippen molar-refractivity contribution in [2.45, 2.75) is 23.5 Å². The van der Waals surface area contributed by atoms with Gasteiger partial charge in [-0.15, -0.1) is 0 Å². The zero-order valence-electron chi connectivity index (χ0n) is 10.3. The Morgan fingerprint density at radius 3 is 2.24 bits per heavy atom. The van der Waals surface area contributed by atoms with Crippen molar-refractivity contribution in [1.82, 2.24) is 4.31 Å².